The van der Waals surface area contributed by atoms with E-state index in [1.54, 1.807) is 12.1 Å². The molecule has 2 aromatic carbocycles. The van der Waals surface area contributed by atoms with Gasteiger partial charge in [0.05, 0.1) is 4.90 Å². The van der Waals surface area contributed by atoms with Gasteiger partial charge < -0.3 is 0 Å². The van der Waals surface area contributed by atoms with Crippen LogP contribution in [0, 0.1) is 0 Å². The summed E-state index contributed by atoms with van der Waals surface area (Å²) in [5.41, 5.74) is 2.52. The number of benzene rings is 2. The molecule has 0 spiro atoms. The predicted molar refractivity (Wildman–Crippen MR) is 91.5 cm³/mol. The normalized spacial score (nSPS) is 19.1. The Bertz CT molecular complexity index is 742. The number of hydrogen-bond donors (Lipinski definition) is 1. The first-order valence-electron chi connectivity index (χ1n) is 7.95. The largest absolute Gasteiger partial charge is 0.296 e. The number of hydrogen-bond acceptors (Lipinski definition) is 3. The van der Waals surface area contributed by atoms with Crippen molar-refractivity contribution >= 4 is 10.0 Å². The molecule has 0 radical (unpaired) electrons. The highest BCUT2D eigenvalue weighted by molar-refractivity contribution is 7.89. The molecule has 1 aliphatic heterocycles. The quantitative estimate of drug-likeness (QED) is 0.917. The second-order valence-corrected chi connectivity index (χ2v) is 7.61. The maximum absolute atomic E-state index is 11.3. The maximum atomic E-state index is 11.3. The molecule has 1 aliphatic rings. The number of rotatable bonds is 5. The smallest absolute Gasteiger partial charge is 0.238 e. The average molecular weight is 330 g/mol. The van der Waals surface area contributed by atoms with Crippen molar-refractivity contribution < 1.29 is 8.42 Å². The Balaban J connectivity index is 1.63. The van der Waals surface area contributed by atoms with E-state index >= 15 is 0 Å². The zero-order valence-corrected chi connectivity index (χ0v) is 13.9. The van der Waals surface area contributed by atoms with Gasteiger partial charge in [0, 0.05) is 12.6 Å². The van der Waals surface area contributed by atoms with Gasteiger partial charge in [-0.05, 0) is 49.1 Å². The van der Waals surface area contributed by atoms with E-state index in [1.807, 2.05) is 12.1 Å². The van der Waals surface area contributed by atoms with E-state index in [4.69, 9.17) is 5.14 Å². The van der Waals surface area contributed by atoms with Gasteiger partial charge in [-0.15, -0.1) is 0 Å². The second-order valence-electron chi connectivity index (χ2n) is 6.04. The minimum atomic E-state index is -3.61. The highest BCUT2D eigenvalue weighted by Crippen LogP contribution is 2.31. The van der Waals surface area contributed by atoms with Crippen LogP contribution in [0.1, 0.15) is 30.0 Å². The molecule has 0 amide bonds. The molecule has 122 valence electrons. The first-order valence-corrected chi connectivity index (χ1v) is 9.49. The third kappa shape index (κ3) is 3.99. The fraction of sp³-hybridized carbons (Fsp3) is 0.333. The lowest BCUT2D eigenvalue weighted by Gasteiger charge is -2.24. The molecular formula is C18H22N2O2S. The molecule has 2 N–H and O–H groups in total. The molecule has 0 unspecified atom stereocenters. The van der Waals surface area contributed by atoms with Crippen LogP contribution in [0.25, 0.3) is 0 Å². The Labute approximate surface area is 138 Å². The molecule has 1 heterocycles. The van der Waals surface area contributed by atoms with Crippen molar-refractivity contribution in [2.45, 2.75) is 30.2 Å². The van der Waals surface area contributed by atoms with Gasteiger partial charge in [0.15, 0.2) is 0 Å². The molecule has 1 atom stereocenters. The van der Waals surface area contributed by atoms with Gasteiger partial charge in [-0.1, -0.05) is 42.5 Å². The van der Waals surface area contributed by atoms with Crippen LogP contribution in [0.3, 0.4) is 0 Å². The summed E-state index contributed by atoms with van der Waals surface area (Å²) in [7, 11) is -3.61. The number of likely N-dealkylation sites (tertiary alicyclic amines) is 1. The lowest BCUT2D eigenvalue weighted by molar-refractivity contribution is 0.260. The van der Waals surface area contributed by atoms with E-state index < -0.39 is 10.0 Å². The van der Waals surface area contributed by atoms with Crippen LogP contribution >= 0.6 is 0 Å². The maximum Gasteiger partial charge on any atom is 0.238 e. The molecule has 1 fully saturated rings. The van der Waals surface area contributed by atoms with Crippen LogP contribution in [0.4, 0.5) is 0 Å². The van der Waals surface area contributed by atoms with Gasteiger partial charge >= 0.3 is 0 Å². The van der Waals surface area contributed by atoms with Crippen LogP contribution in [0.5, 0.6) is 0 Å². The zero-order chi connectivity index (χ0) is 16.3. The lowest BCUT2D eigenvalue weighted by atomic mass is 10.0. The summed E-state index contributed by atoms with van der Waals surface area (Å²) >= 11 is 0. The van der Waals surface area contributed by atoms with Crippen LogP contribution in [-0.4, -0.2) is 26.4 Å². The van der Waals surface area contributed by atoms with E-state index in [0.29, 0.717) is 6.04 Å². The Morgan fingerprint density at radius 2 is 1.74 bits per heavy atom. The van der Waals surface area contributed by atoms with Gasteiger partial charge in [0.2, 0.25) is 10.0 Å². The molecule has 0 aromatic heterocycles. The zero-order valence-electron chi connectivity index (χ0n) is 13.1. The molecule has 3 rings (SSSR count). The number of sulfonamides is 1. The minimum absolute atomic E-state index is 0.171. The molecule has 0 saturated carbocycles. The molecule has 1 saturated heterocycles. The third-order valence-electron chi connectivity index (χ3n) is 4.49. The number of nitrogens with two attached hydrogens (primary N) is 1. The standard InChI is InChI=1S/C18H22N2O2S/c19-23(21,22)17-10-8-15(9-11-17)12-14-20-13-4-7-18(20)16-5-2-1-3-6-16/h1-3,5-6,8-11,18H,4,7,12-14H2,(H2,19,21,22)/t18-/m1/s1. The first-order chi connectivity index (χ1) is 11.0. The topological polar surface area (TPSA) is 63.4 Å². The molecular weight excluding hydrogens is 308 g/mol. The van der Waals surface area contributed by atoms with E-state index in [-0.39, 0.29) is 4.90 Å². The first kappa shape index (κ1) is 16.2. The summed E-state index contributed by atoms with van der Waals surface area (Å²) in [6, 6.07) is 18.0. The van der Waals surface area contributed by atoms with Crippen LogP contribution < -0.4 is 5.14 Å². The average Bonchev–Trinajstić information content (AvgIpc) is 3.02. The number of primary sulfonamides is 1. The summed E-state index contributed by atoms with van der Waals surface area (Å²) < 4.78 is 22.6. The van der Waals surface area contributed by atoms with Crippen LogP contribution in [0.15, 0.2) is 59.5 Å². The fourth-order valence-corrected chi connectivity index (χ4v) is 3.78. The molecule has 23 heavy (non-hydrogen) atoms. The minimum Gasteiger partial charge on any atom is -0.296 e. The van der Waals surface area contributed by atoms with Crippen LogP contribution in [-0.2, 0) is 16.4 Å². The Kier molecular flexibility index (Phi) is 4.80. The molecule has 5 heteroatoms. The van der Waals surface area contributed by atoms with Crippen molar-refractivity contribution in [3.63, 3.8) is 0 Å². The van der Waals surface area contributed by atoms with Gasteiger partial charge in [-0.25, -0.2) is 13.6 Å². The predicted octanol–water partition coefficient (Wildman–Crippen LogP) is 2.71. The SMILES string of the molecule is NS(=O)(=O)c1ccc(CCN2CCC[C@@H]2c2ccccc2)cc1. The summed E-state index contributed by atoms with van der Waals surface area (Å²) in [5.74, 6) is 0. The van der Waals surface area contributed by atoms with E-state index in [1.165, 1.54) is 18.4 Å². The van der Waals surface area contributed by atoms with E-state index in [2.05, 4.69) is 35.2 Å². The fourth-order valence-electron chi connectivity index (χ4n) is 3.26. The van der Waals surface area contributed by atoms with Crippen LogP contribution in [0.2, 0.25) is 0 Å². The molecule has 2 aromatic rings. The second kappa shape index (κ2) is 6.83. The Hall–Kier alpha value is -1.69. The highest BCUT2D eigenvalue weighted by Gasteiger charge is 2.25. The Morgan fingerprint density at radius 3 is 2.39 bits per heavy atom. The van der Waals surface area contributed by atoms with Crippen molar-refractivity contribution in [1.29, 1.82) is 0 Å². The van der Waals surface area contributed by atoms with Crippen molar-refractivity contribution in [2.75, 3.05) is 13.1 Å². The number of nitrogens with zero attached hydrogens (tertiary/aromatic N) is 1. The van der Waals surface area contributed by atoms with Crippen molar-refractivity contribution in [2.24, 2.45) is 5.14 Å². The molecule has 4 nitrogen and oxygen atoms in total. The van der Waals surface area contributed by atoms with Gasteiger partial charge in [0.1, 0.15) is 0 Å². The van der Waals surface area contributed by atoms with Gasteiger partial charge in [0.25, 0.3) is 0 Å². The summed E-state index contributed by atoms with van der Waals surface area (Å²) in [5, 5.41) is 5.13. The van der Waals surface area contributed by atoms with Crippen molar-refractivity contribution in [3.8, 4) is 0 Å². The van der Waals surface area contributed by atoms with E-state index in [0.717, 1.165) is 25.1 Å². The monoisotopic (exact) mass is 330 g/mol. The molecule has 0 bridgehead atoms. The molecule has 0 aliphatic carbocycles. The van der Waals surface area contributed by atoms with Gasteiger partial charge in [-0.3, -0.25) is 4.90 Å². The summed E-state index contributed by atoms with van der Waals surface area (Å²) in [4.78, 5) is 2.69. The third-order valence-corrected chi connectivity index (χ3v) is 5.42. The van der Waals surface area contributed by atoms with E-state index in [9.17, 15) is 8.42 Å². The Morgan fingerprint density at radius 1 is 1.04 bits per heavy atom. The summed E-state index contributed by atoms with van der Waals surface area (Å²) in [6.45, 7) is 2.10. The van der Waals surface area contributed by atoms with Crippen molar-refractivity contribution in [3.05, 3.63) is 65.7 Å². The van der Waals surface area contributed by atoms with Gasteiger partial charge in [-0.2, -0.15) is 0 Å². The van der Waals surface area contributed by atoms with Crippen molar-refractivity contribution in [1.82, 2.24) is 4.90 Å². The summed E-state index contributed by atoms with van der Waals surface area (Å²) in [6.07, 6.45) is 3.34. The highest BCUT2D eigenvalue weighted by atomic mass is 32.2. The lowest BCUT2D eigenvalue weighted by Crippen LogP contribution is -2.25.